The quantitative estimate of drug-likeness (QED) is 0.790. The highest BCUT2D eigenvalue weighted by molar-refractivity contribution is 5.17. The second-order valence-electron chi connectivity index (χ2n) is 4.81. The molecule has 18 heavy (non-hydrogen) atoms. The van der Waals surface area contributed by atoms with Crippen molar-refractivity contribution in [1.29, 1.82) is 0 Å². The third-order valence-corrected chi connectivity index (χ3v) is 3.68. The summed E-state index contributed by atoms with van der Waals surface area (Å²) in [5.74, 6) is 0. The highest BCUT2D eigenvalue weighted by atomic mass is 16.8. The molecule has 0 amide bonds. The van der Waals surface area contributed by atoms with E-state index in [4.69, 9.17) is 18.9 Å². The Kier molecular flexibility index (Phi) is 2.43. The Hall–Kier alpha value is -0.980. The van der Waals surface area contributed by atoms with E-state index in [1.54, 1.807) is 0 Å². The Morgan fingerprint density at radius 1 is 1.00 bits per heavy atom. The second-order valence-corrected chi connectivity index (χ2v) is 4.81. The Morgan fingerprint density at radius 3 is 2.61 bits per heavy atom. The van der Waals surface area contributed by atoms with Gasteiger partial charge in [-0.2, -0.15) is 0 Å². The Labute approximate surface area is 104 Å². The molecule has 1 aromatic rings. The average Bonchev–Trinajstić information content (AvgIpc) is 3.04. The van der Waals surface area contributed by atoms with Gasteiger partial charge in [0.1, 0.15) is 24.4 Å². The minimum Gasteiger partial charge on any atom is -0.387 e. The van der Waals surface area contributed by atoms with Crippen molar-refractivity contribution < 1.29 is 24.1 Å². The molecule has 3 saturated heterocycles. The Bertz CT molecular complexity index is 430. The van der Waals surface area contributed by atoms with Crippen molar-refractivity contribution in [2.24, 2.45) is 0 Å². The number of aliphatic hydroxyl groups excluding tert-OH is 1. The van der Waals surface area contributed by atoms with Crippen molar-refractivity contribution >= 4 is 0 Å². The smallest absolute Gasteiger partial charge is 0.187 e. The second kappa shape index (κ2) is 4.01. The van der Waals surface area contributed by atoms with Gasteiger partial charge in [-0.3, -0.25) is 0 Å². The zero-order chi connectivity index (χ0) is 12.1. The fourth-order valence-corrected chi connectivity index (χ4v) is 2.74. The maximum absolute atomic E-state index is 10.1. The van der Waals surface area contributed by atoms with Gasteiger partial charge < -0.3 is 24.1 Å². The lowest BCUT2D eigenvalue weighted by Gasteiger charge is -2.31. The van der Waals surface area contributed by atoms with Crippen LogP contribution < -0.4 is 0 Å². The van der Waals surface area contributed by atoms with Gasteiger partial charge in [0.15, 0.2) is 12.6 Å². The van der Waals surface area contributed by atoms with E-state index in [9.17, 15) is 5.11 Å². The highest BCUT2D eigenvalue weighted by Crippen LogP contribution is 2.41. The van der Waals surface area contributed by atoms with Crippen LogP contribution in [0, 0.1) is 0 Å². The van der Waals surface area contributed by atoms with E-state index < -0.39 is 18.7 Å². The summed E-state index contributed by atoms with van der Waals surface area (Å²) in [7, 11) is 0. The maximum Gasteiger partial charge on any atom is 0.187 e. The van der Waals surface area contributed by atoms with Crippen LogP contribution in [0.1, 0.15) is 11.9 Å². The lowest BCUT2D eigenvalue weighted by Crippen LogP contribution is -2.52. The molecular weight excluding hydrogens is 236 g/mol. The molecule has 3 aliphatic rings. The van der Waals surface area contributed by atoms with Gasteiger partial charge in [0, 0.05) is 5.56 Å². The molecule has 3 fully saturated rings. The van der Waals surface area contributed by atoms with E-state index in [1.807, 2.05) is 30.3 Å². The number of hydrogen-bond donors (Lipinski definition) is 1. The summed E-state index contributed by atoms with van der Waals surface area (Å²) in [6.45, 7) is 0.404. The lowest BCUT2D eigenvalue weighted by molar-refractivity contribution is -0.194. The van der Waals surface area contributed by atoms with Crippen LogP contribution in [0.5, 0.6) is 0 Å². The summed E-state index contributed by atoms with van der Waals surface area (Å²) in [6.07, 6.45) is -2.60. The molecule has 2 bridgehead atoms. The molecule has 0 aromatic heterocycles. The molecule has 3 aliphatic heterocycles. The van der Waals surface area contributed by atoms with Crippen molar-refractivity contribution in [2.75, 3.05) is 6.61 Å². The molecule has 1 N–H and O–H groups in total. The van der Waals surface area contributed by atoms with Crippen LogP contribution in [0.25, 0.3) is 0 Å². The van der Waals surface area contributed by atoms with Crippen molar-refractivity contribution in [3.8, 4) is 0 Å². The van der Waals surface area contributed by atoms with Crippen LogP contribution in [0.4, 0.5) is 0 Å². The molecule has 4 rings (SSSR count). The topological polar surface area (TPSA) is 57.2 Å². The number of aliphatic hydroxyl groups is 1. The molecule has 96 valence electrons. The summed E-state index contributed by atoms with van der Waals surface area (Å²) >= 11 is 0. The third-order valence-electron chi connectivity index (χ3n) is 3.68. The molecule has 6 atom stereocenters. The molecular formula is C13H14O5. The van der Waals surface area contributed by atoms with Crippen molar-refractivity contribution in [2.45, 2.75) is 37.0 Å². The van der Waals surface area contributed by atoms with E-state index in [0.29, 0.717) is 6.61 Å². The van der Waals surface area contributed by atoms with Crippen LogP contribution in [-0.2, 0) is 18.9 Å². The van der Waals surface area contributed by atoms with Gasteiger partial charge in [-0.1, -0.05) is 30.3 Å². The zero-order valence-corrected chi connectivity index (χ0v) is 9.64. The van der Waals surface area contributed by atoms with E-state index in [1.165, 1.54) is 0 Å². The number of hydrogen-bond acceptors (Lipinski definition) is 5. The van der Waals surface area contributed by atoms with E-state index in [-0.39, 0.29) is 18.3 Å². The number of rotatable bonds is 1. The first-order valence-corrected chi connectivity index (χ1v) is 6.14. The van der Waals surface area contributed by atoms with Crippen LogP contribution in [-0.4, -0.2) is 42.4 Å². The summed E-state index contributed by atoms with van der Waals surface area (Å²) < 4.78 is 22.6. The molecule has 0 unspecified atom stereocenters. The normalized spacial score (nSPS) is 46.1. The maximum atomic E-state index is 10.1. The van der Waals surface area contributed by atoms with Gasteiger partial charge >= 0.3 is 0 Å². The van der Waals surface area contributed by atoms with Gasteiger partial charge in [-0.05, 0) is 0 Å². The first-order chi connectivity index (χ1) is 8.83. The summed E-state index contributed by atoms with van der Waals surface area (Å²) in [5.41, 5.74) is 0.940. The van der Waals surface area contributed by atoms with Crippen molar-refractivity contribution in [1.82, 2.24) is 0 Å². The molecule has 5 heteroatoms. The molecule has 0 aliphatic carbocycles. The standard InChI is InChI=1S/C13H14O5/c14-9-8-6-15-13(16-8)11-10(9)17-12(18-11)7-4-2-1-3-5-7/h1-5,8-14H,6H2/t8-,9-,10+,11-,12+,13+/m1/s1. The minimum atomic E-state index is -0.692. The zero-order valence-electron chi connectivity index (χ0n) is 9.64. The van der Waals surface area contributed by atoms with Crippen LogP contribution in [0.15, 0.2) is 30.3 Å². The fourth-order valence-electron chi connectivity index (χ4n) is 2.74. The predicted octanol–water partition coefficient (Wildman–Crippen LogP) is 0.585. The number of benzene rings is 1. The number of ether oxygens (including phenoxy) is 4. The minimum absolute atomic E-state index is 0.297. The molecule has 0 saturated carbocycles. The Balaban J connectivity index is 1.60. The molecule has 5 nitrogen and oxygen atoms in total. The molecule has 0 spiro atoms. The lowest BCUT2D eigenvalue weighted by atomic mass is 10.0. The van der Waals surface area contributed by atoms with Gasteiger partial charge in [0.2, 0.25) is 0 Å². The summed E-state index contributed by atoms with van der Waals surface area (Å²) in [6, 6.07) is 9.68. The van der Waals surface area contributed by atoms with Gasteiger partial charge in [-0.15, -0.1) is 0 Å². The van der Waals surface area contributed by atoms with Crippen LogP contribution >= 0.6 is 0 Å². The van der Waals surface area contributed by atoms with E-state index >= 15 is 0 Å². The first-order valence-electron chi connectivity index (χ1n) is 6.14. The van der Waals surface area contributed by atoms with Gasteiger partial charge in [0.05, 0.1) is 6.61 Å². The first kappa shape index (κ1) is 10.9. The van der Waals surface area contributed by atoms with E-state index in [2.05, 4.69) is 0 Å². The van der Waals surface area contributed by atoms with E-state index in [0.717, 1.165) is 5.56 Å². The summed E-state index contributed by atoms with van der Waals surface area (Å²) in [5, 5.41) is 10.1. The molecule has 3 heterocycles. The largest absolute Gasteiger partial charge is 0.387 e. The SMILES string of the molecule is O[C@H]1[C@@H]2O[C@H](c3ccccc3)O[C@H]2[C@H]2OC[C@H]1O2. The van der Waals surface area contributed by atoms with Crippen molar-refractivity contribution in [3.05, 3.63) is 35.9 Å². The van der Waals surface area contributed by atoms with Crippen molar-refractivity contribution in [3.63, 3.8) is 0 Å². The van der Waals surface area contributed by atoms with Crippen LogP contribution in [0.2, 0.25) is 0 Å². The average molecular weight is 250 g/mol. The monoisotopic (exact) mass is 250 g/mol. The predicted molar refractivity (Wildman–Crippen MR) is 59.5 cm³/mol. The molecule has 0 radical (unpaired) electrons. The van der Waals surface area contributed by atoms with Gasteiger partial charge in [-0.25, -0.2) is 0 Å². The molecule has 1 aromatic carbocycles. The van der Waals surface area contributed by atoms with Gasteiger partial charge in [0.25, 0.3) is 0 Å². The summed E-state index contributed by atoms with van der Waals surface area (Å²) in [4.78, 5) is 0. The third kappa shape index (κ3) is 1.52. The number of fused-ring (bicyclic) bond motifs is 4. The van der Waals surface area contributed by atoms with Crippen LogP contribution in [0.3, 0.4) is 0 Å². The highest BCUT2D eigenvalue weighted by Gasteiger charge is 2.56. The Morgan fingerprint density at radius 2 is 1.78 bits per heavy atom. The fraction of sp³-hybridized carbons (Fsp3) is 0.538.